The van der Waals surface area contributed by atoms with Crippen LogP contribution in [0.1, 0.15) is 45.5 Å². The number of anilines is 1. The van der Waals surface area contributed by atoms with Crippen LogP contribution in [0.15, 0.2) is 109 Å². The summed E-state index contributed by atoms with van der Waals surface area (Å²) in [6, 6.07) is 33.0. The van der Waals surface area contributed by atoms with E-state index in [1.165, 1.54) is 5.56 Å². The second-order valence-corrected chi connectivity index (χ2v) is 9.60. The van der Waals surface area contributed by atoms with Gasteiger partial charge in [-0.25, -0.2) is 0 Å². The molecule has 1 N–H and O–H groups in total. The van der Waals surface area contributed by atoms with Crippen molar-refractivity contribution >= 4 is 23.6 Å². The minimum absolute atomic E-state index is 0.129. The van der Waals surface area contributed by atoms with E-state index in [-0.39, 0.29) is 23.5 Å². The Morgan fingerprint density at radius 3 is 2.42 bits per heavy atom. The maximum absolute atomic E-state index is 13.5. The van der Waals surface area contributed by atoms with Crippen LogP contribution < -0.4 is 15.0 Å². The minimum atomic E-state index is -0.207. The second kappa shape index (κ2) is 11.2. The average molecular weight is 503 g/mol. The highest BCUT2D eigenvalue weighted by molar-refractivity contribution is 6.09. The van der Waals surface area contributed by atoms with Crippen molar-refractivity contribution in [3.05, 3.63) is 137 Å². The van der Waals surface area contributed by atoms with Crippen LogP contribution in [0.2, 0.25) is 0 Å². The van der Waals surface area contributed by atoms with E-state index in [9.17, 15) is 9.59 Å². The van der Waals surface area contributed by atoms with Gasteiger partial charge >= 0.3 is 0 Å². The molecule has 5 nitrogen and oxygen atoms in total. The van der Waals surface area contributed by atoms with Crippen LogP contribution in [0.3, 0.4) is 0 Å². The number of fused-ring (bicyclic) bond motifs is 1. The zero-order valence-corrected chi connectivity index (χ0v) is 21.6. The zero-order valence-electron chi connectivity index (χ0n) is 21.6. The smallest absolute Gasteiger partial charge is 0.294 e. The SMILES string of the molecule is Cc1cccc(CN2C(=O)/C(=C\c3ccc(C(=O)NC[C@@H](C)c4ccccc4)cc3)Oc3ccccc32)c1. The molecule has 4 aromatic rings. The molecule has 4 aromatic carbocycles. The molecule has 5 heteroatoms. The predicted octanol–water partition coefficient (Wildman–Crippen LogP) is 6.50. The van der Waals surface area contributed by atoms with Gasteiger partial charge in [-0.05, 0) is 59.9 Å². The van der Waals surface area contributed by atoms with E-state index in [2.05, 4.69) is 30.4 Å². The fraction of sp³-hybridized carbons (Fsp3) is 0.152. The third kappa shape index (κ3) is 5.68. The molecular formula is C33H30N2O3. The number of rotatable bonds is 7. The molecule has 1 aliphatic heterocycles. The second-order valence-electron chi connectivity index (χ2n) is 9.60. The summed E-state index contributed by atoms with van der Waals surface area (Å²) in [5.74, 6) is 0.751. The van der Waals surface area contributed by atoms with Gasteiger partial charge in [0.1, 0.15) is 0 Å². The number of nitrogens with one attached hydrogen (secondary N) is 1. The normalized spacial score (nSPS) is 14.5. The first-order valence-electron chi connectivity index (χ1n) is 12.8. The number of ether oxygens (including phenoxy) is 1. The summed E-state index contributed by atoms with van der Waals surface area (Å²) >= 11 is 0. The van der Waals surface area contributed by atoms with Crippen molar-refractivity contribution in [3.63, 3.8) is 0 Å². The van der Waals surface area contributed by atoms with Gasteiger partial charge in [-0.3, -0.25) is 14.5 Å². The van der Waals surface area contributed by atoms with Crippen LogP contribution in [0.25, 0.3) is 6.08 Å². The maximum Gasteiger partial charge on any atom is 0.294 e. The van der Waals surface area contributed by atoms with Gasteiger partial charge in [0.2, 0.25) is 0 Å². The van der Waals surface area contributed by atoms with Crippen molar-refractivity contribution in [2.75, 3.05) is 11.4 Å². The molecule has 0 bridgehead atoms. The molecule has 0 saturated heterocycles. The van der Waals surface area contributed by atoms with Crippen LogP contribution in [-0.4, -0.2) is 18.4 Å². The summed E-state index contributed by atoms with van der Waals surface area (Å²) in [6.45, 7) is 5.12. The molecule has 0 unspecified atom stereocenters. The van der Waals surface area contributed by atoms with Crippen LogP contribution in [0, 0.1) is 6.92 Å². The van der Waals surface area contributed by atoms with Crippen molar-refractivity contribution in [2.24, 2.45) is 0 Å². The fourth-order valence-corrected chi connectivity index (χ4v) is 4.54. The van der Waals surface area contributed by atoms with Gasteiger partial charge < -0.3 is 10.1 Å². The third-order valence-corrected chi connectivity index (χ3v) is 6.66. The summed E-state index contributed by atoms with van der Waals surface area (Å²) in [6.07, 6.45) is 1.72. The molecule has 0 aromatic heterocycles. The van der Waals surface area contributed by atoms with E-state index < -0.39 is 0 Å². The largest absolute Gasteiger partial charge is 0.449 e. The molecule has 0 radical (unpaired) electrons. The molecular weight excluding hydrogens is 472 g/mol. The standard InChI is InChI=1S/C33H30N2O3/c1-23-9-8-10-26(19-23)22-35-29-13-6-7-14-30(29)38-31(33(35)37)20-25-15-17-28(18-16-25)32(36)34-21-24(2)27-11-4-3-5-12-27/h3-20,24H,21-22H2,1-2H3,(H,34,36)/b31-20+/t24-/m1/s1. The Labute approximate surface area is 223 Å². The van der Waals surface area contributed by atoms with Crippen molar-refractivity contribution in [1.29, 1.82) is 0 Å². The first-order chi connectivity index (χ1) is 18.5. The number of amides is 2. The van der Waals surface area contributed by atoms with Crippen LogP contribution >= 0.6 is 0 Å². The van der Waals surface area contributed by atoms with Gasteiger partial charge in [-0.15, -0.1) is 0 Å². The van der Waals surface area contributed by atoms with Crippen LogP contribution in [-0.2, 0) is 11.3 Å². The molecule has 2 amide bonds. The lowest BCUT2D eigenvalue weighted by Gasteiger charge is -2.30. The number of aryl methyl sites for hydroxylation is 1. The van der Waals surface area contributed by atoms with E-state index in [4.69, 9.17) is 4.74 Å². The van der Waals surface area contributed by atoms with Crippen molar-refractivity contribution < 1.29 is 14.3 Å². The van der Waals surface area contributed by atoms with Crippen LogP contribution in [0.5, 0.6) is 5.75 Å². The van der Waals surface area contributed by atoms with Crippen molar-refractivity contribution in [2.45, 2.75) is 26.3 Å². The molecule has 0 fully saturated rings. The summed E-state index contributed by atoms with van der Waals surface area (Å²) in [5, 5.41) is 3.01. The summed E-state index contributed by atoms with van der Waals surface area (Å²) in [4.78, 5) is 27.9. The monoisotopic (exact) mass is 502 g/mol. The number of carbonyl (C=O) groups excluding carboxylic acids is 2. The molecule has 1 atom stereocenters. The van der Waals surface area contributed by atoms with Gasteiger partial charge in [-0.1, -0.05) is 91.3 Å². The molecule has 1 heterocycles. The van der Waals surface area contributed by atoms with Crippen molar-refractivity contribution in [3.8, 4) is 5.75 Å². The van der Waals surface area contributed by atoms with E-state index in [0.717, 1.165) is 22.4 Å². The van der Waals surface area contributed by atoms with E-state index in [1.54, 1.807) is 23.1 Å². The van der Waals surface area contributed by atoms with Crippen LogP contribution in [0.4, 0.5) is 5.69 Å². The Morgan fingerprint density at radius 2 is 1.66 bits per heavy atom. The zero-order chi connectivity index (χ0) is 26.5. The molecule has 38 heavy (non-hydrogen) atoms. The maximum atomic E-state index is 13.5. The highest BCUT2D eigenvalue weighted by Crippen LogP contribution is 2.36. The van der Waals surface area contributed by atoms with Gasteiger partial charge in [-0.2, -0.15) is 0 Å². The van der Waals surface area contributed by atoms with E-state index >= 15 is 0 Å². The van der Waals surface area contributed by atoms with E-state index in [0.29, 0.717) is 24.4 Å². The lowest BCUT2D eigenvalue weighted by Crippen LogP contribution is -2.36. The Balaban J connectivity index is 1.31. The number of para-hydroxylation sites is 2. The molecule has 1 aliphatic rings. The summed E-state index contributed by atoms with van der Waals surface area (Å²) in [5.41, 5.74) is 5.46. The Bertz CT molecular complexity index is 1480. The number of benzene rings is 4. The van der Waals surface area contributed by atoms with Crippen molar-refractivity contribution in [1.82, 2.24) is 5.32 Å². The Kier molecular flexibility index (Phi) is 7.36. The quantitative estimate of drug-likeness (QED) is 0.294. The minimum Gasteiger partial charge on any atom is -0.449 e. The number of nitrogens with zero attached hydrogens (tertiary/aromatic N) is 1. The average Bonchev–Trinajstić information content (AvgIpc) is 2.94. The topological polar surface area (TPSA) is 58.6 Å². The fourth-order valence-electron chi connectivity index (χ4n) is 4.54. The van der Waals surface area contributed by atoms with Gasteiger partial charge in [0.25, 0.3) is 11.8 Å². The van der Waals surface area contributed by atoms with E-state index in [1.807, 2.05) is 79.7 Å². The lowest BCUT2D eigenvalue weighted by atomic mass is 10.0. The molecule has 0 aliphatic carbocycles. The van der Waals surface area contributed by atoms with Gasteiger partial charge in [0.15, 0.2) is 11.5 Å². The van der Waals surface area contributed by atoms with Gasteiger partial charge in [0, 0.05) is 12.1 Å². The predicted molar refractivity (Wildman–Crippen MR) is 151 cm³/mol. The summed E-state index contributed by atoms with van der Waals surface area (Å²) < 4.78 is 6.02. The Hall–Kier alpha value is -4.64. The first kappa shape index (κ1) is 25.0. The summed E-state index contributed by atoms with van der Waals surface area (Å²) in [7, 11) is 0. The highest BCUT2D eigenvalue weighted by atomic mass is 16.5. The lowest BCUT2D eigenvalue weighted by molar-refractivity contribution is -0.117. The number of carbonyl (C=O) groups is 2. The highest BCUT2D eigenvalue weighted by Gasteiger charge is 2.30. The Morgan fingerprint density at radius 1 is 0.921 bits per heavy atom. The third-order valence-electron chi connectivity index (χ3n) is 6.66. The molecule has 190 valence electrons. The van der Waals surface area contributed by atoms with Gasteiger partial charge in [0.05, 0.1) is 12.2 Å². The molecule has 0 saturated carbocycles. The number of hydrogen-bond acceptors (Lipinski definition) is 3. The number of hydrogen-bond donors (Lipinski definition) is 1. The molecule has 5 rings (SSSR count). The molecule has 0 spiro atoms. The first-order valence-corrected chi connectivity index (χ1v) is 12.8.